The molecule has 0 aromatic heterocycles. The summed E-state index contributed by atoms with van der Waals surface area (Å²) in [5.74, 6) is -1.79. The van der Waals surface area contributed by atoms with Gasteiger partial charge in [0.2, 0.25) is 0 Å². The first-order valence-corrected chi connectivity index (χ1v) is 6.41. The number of halogens is 2. The molecule has 1 aliphatic heterocycles. The van der Waals surface area contributed by atoms with E-state index in [-0.39, 0.29) is 11.3 Å². The van der Waals surface area contributed by atoms with Crippen LogP contribution in [0.5, 0.6) is 5.75 Å². The number of fused-ring (bicyclic) bond motifs is 1. The number of aryl methyl sites for hydroxylation is 1. The Balaban J connectivity index is 2.04. The Morgan fingerprint density at radius 3 is 2.75 bits per heavy atom. The van der Waals surface area contributed by atoms with Crippen LogP contribution in [0, 0.1) is 11.6 Å². The van der Waals surface area contributed by atoms with Crippen LogP contribution < -0.4 is 4.74 Å². The number of ether oxygens (including phenoxy) is 1. The number of carbonyl (C=O) groups excluding carboxylic acids is 1. The second-order valence-corrected chi connectivity index (χ2v) is 4.70. The molecule has 0 spiro atoms. The summed E-state index contributed by atoms with van der Waals surface area (Å²) >= 11 is 0. The van der Waals surface area contributed by atoms with Crippen LogP contribution in [0.4, 0.5) is 8.78 Å². The first-order chi connectivity index (χ1) is 9.66. The van der Waals surface area contributed by atoms with Crippen LogP contribution in [-0.4, -0.2) is 12.4 Å². The minimum Gasteiger partial charge on any atom is -0.493 e. The van der Waals surface area contributed by atoms with Crippen molar-refractivity contribution in [3.05, 3.63) is 64.7 Å². The van der Waals surface area contributed by atoms with E-state index in [9.17, 15) is 13.6 Å². The summed E-state index contributed by atoms with van der Waals surface area (Å²) in [4.78, 5) is 12.4. The van der Waals surface area contributed by atoms with E-state index >= 15 is 0 Å². The Morgan fingerprint density at radius 2 is 1.95 bits per heavy atom. The molecule has 0 saturated carbocycles. The first kappa shape index (κ1) is 12.8. The summed E-state index contributed by atoms with van der Waals surface area (Å²) < 4.78 is 31.7. The van der Waals surface area contributed by atoms with Crippen molar-refractivity contribution in [2.24, 2.45) is 0 Å². The van der Waals surface area contributed by atoms with E-state index in [2.05, 4.69) is 0 Å². The molecule has 0 fully saturated rings. The summed E-state index contributed by atoms with van der Waals surface area (Å²) in [5.41, 5.74) is 1.49. The molecule has 0 atom stereocenters. The van der Waals surface area contributed by atoms with E-state index in [0.717, 1.165) is 30.5 Å². The van der Waals surface area contributed by atoms with Gasteiger partial charge in [0.15, 0.2) is 17.4 Å². The summed E-state index contributed by atoms with van der Waals surface area (Å²) in [6.07, 6.45) is 1.77. The summed E-state index contributed by atoms with van der Waals surface area (Å²) in [5, 5.41) is 0. The predicted octanol–water partition coefficient (Wildman–Crippen LogP) is 3.52. The molecule has 20 heavy (non-hydrogen) atoms. The zero-order chi connectivity index (χ0) is 14.1. The van der Waals surface area contributed by atoms with Gasteiger partial charge in [0, 0.05) is 5.56 Å². The van der Waals surface area contributed by atoms with E-state index in [0.29, 0.717) is 17.9 Å². The molecule has 0 aliphatic carbocycles. The second kappa shape index (κ2) is 5.04. The van der Waals surface area contributed by atoms with Crippen molar-refractivity contribution in [3.8, 4) is 5.75 Å². The second-order valence-electron chi connectivity index (χ2n) is 4.70. The molecule has 3 rings (SSSR count). The minimum absolute atomic E-state index is 0.117. The van der Waals surface area contributed by atoms with Gasteiger partial charge in [-0.3, -0.25) is 4.79 Å². The maximum Gasteiger partial charge on any atom is 0.196 e. The number of benzene rings is 2. The van der Waals surface area contributed by atoms with Crippen molar-refractivity contribution < 1.29 is 18.3 Å². The fourth-order valence-corrected chi connectivity index (χ4v) is 2.36. The van der Waals surface area contributed by atoms with Crippen molar-refractivity contribution in [2.45, 2.75) is 12.8 Å². The maximum absolute atomic E-state index is 13.2. The quantitative estimate of drug-likeness (QED) is 0.783. The van der Waals surface area contributed by atoms with Crippen molar-refractivity contribution in [3.63, 3.8) is 0 Å². The molecule has 4 heteroatoms. The van der Waals surface area contributed by atoms with E-state index in [4.69, 9.17) is 4.74 Å². The zero-order valence-corrected chi connectivity index (χ0v) is 10.7. The van der Waals surface area contributed by atoms with Gasteiger partial charge in [-0.2, -0.15) is 0 Å². The highest BCUT2D eigenvalue weighted by atomic mass is 19.2. The summed E-state index contributed by atoms with van der Waals surface area (Å²) in [6, 6.07) is 8.49. The third kappa shape index (κ3) is 2.18. The average molecular weight is 274 g/mol. The van der Waals surface area contributed by atoms with Gasteiger partial charge in [0.1, 0.15) is 5.75 Å². The van der Waals surface area contributed by atoms with Crippen molar-refractivity contribution in [1.82, 2.24) is 0 Å². The highest BCUT2D eigenvalue weighted by Gasteiger charge is 2.20. The van der Waals surface area contributed by atoms with Gasteiger partial charge in [-0.1, -0.05) is 12.1 Å². The van der Waals surface area contributed by atoms with Gasteiger partial charge in [-0.15, -0.1) is 0 Å². The highest BCUT2D eigenvalue weighted by Crippen LogP contribution is 2.30. The van der Waals surface area contributed by atoms with Crippen molar-refractivity contribution >= 4 is 5.78 Å². The average Bonchev–Trinajstić information content (AvgIpc) is 2.49. The molecule has 0 N–H and O–H groups in total. The number of ketones is 1. The van der Waals surface area contributed by atoms with Gasteiger partial charge >= 0.3 is 0 Å². The van der Waals surface area contributed by atoms with Crippen LogP contribution in [0.25, 0.3) is 0 Å². The Morgan fingerprint density at radius 1 is 1.10 bits per heavy atom. The van der Waals surface area contributed by atoms with Crippen molar-refractivity contribution in [1.29, 1.82) is 0 Å². The molecule has 0 saturated heterocycles. The topological polar surface area (TPSA) is 26.3 Å². The number of hydrogen-bond acceptors (Lipinski definition) is 2. The summed E-state index contributed by atoms with van der Waals surface area (Å²) in [7, 11) is 0. The molecular weight excluding hydrogens is 262 g/mol. The Hall–Kier alpha value is -2.23. The molecule has 102 valence electrons. The van der Waals surface area contributed by atoms with E-state index in [1.165, 1.54) is 6.07 Å². The Labute approximate surface area is 115 Å². The van der Waals surface area contributed by atoms with Crippen LogP contribution in [0.1, 0.15) is 27.9 Å². The smallest absolute Gasteiger partial charge is 0.196 e. The van der Waals surface area contributed by atoms with Crippen LogP contribution in [0.15, 0.2) is 36.4 Å². The Bertz CT molecular complexity index is 680. The monoisotopic (exact) mass is 274 g/mol. The predicted molar refractivity (Wildman–Crippen MR) is 70.0 cm³/mol. The highest BCUT2D eigenvalue weighted by molar-refractivity contribution is 6.11. The molecule has 2 aromatic rings. The van der Waals surface area contributed by atoms with Gasteiger partial charge < -0.3 is 4.74 Å². The molecule has 0 bridgehead atoms. The van der Waals surface area contributed by atoms with E-state index in [1.807, 2.05) is 6.07 Å². The third-order valence-corrected chi connectivity index (χ3v) is 3.36. The van der Waals surface area contributed by atoms with E-state index in [1.54, 1.807) is 12.1 Å². The molecular formula is C16H12F2O2. The zero-order valence-electron chi connectivity index (χ0n) is 10.7. The van der Waals surface area contributed by atoms with Crippen molar-refractivity contribution in [2.75, 3.05) is 6.61 Å². The molecule has 0 amide bonds. The first-order valence-electron chi connectivity index (χ1n) is 6.41. The van der Waals surface area contributed by atoms with Gasteiger partial charge in [-0.25, -0.2) is 8.78 Å². The van der Waals surface area contributed by atoms with E-state index < -0.39 is 11.6 Å². The van der Waals surface area contributed by atoms with Gasteiger partial charge in [-0.05, 0) is 42.7 Å². The summed E-state index contributed by atoms with van der Waals surface area (Å²) in [6.45, 7) is 0.565. The lowest BCUT2D eigenvalue weighted by atomic mass is 9.97. The lowest BCUT2D eigenvalue weighted by Gasteiger charge is -2.19. The van der Waals surface area contributed by atoms with Crippen LogP contribution in [-0.2, 0) is 6.42 Å². The normalized spacial score (nSPS) is 13.5. The lowest BCUT2D eigenvalue weighted by molar-refractivity contribution is 0.103. The standard InChI is InChI=1S/C16H12F2O2/c17-13-7-6-11(9-14(13)18)15(19)12-5-1-3-10-4-2-8-20-16(10)12/h1,3,5-7,9H,2,4,8H2. The number of carbonyl (C=O) groups is 1. The molecule has 1 aliphatic rings. The molecule has 1 heterocycles. The minimum atomic E-state index is -1.03. The van der Waals surface area contributed by atoms with Gasteiger partial charge in [0.05, 0.1) is 12.2 Å². The fourth-order valence-electron chi connectivity index (χ4n) is 2.36. The SMILES string of the molecule is O=C(c1ccc(F)c(F)c1)c1cccc2c1OCCC2. The van der Waals surface area contributed by atoms with Gasteiger partial charge in [0.25, 0.3) is 0 Å². The number of para-hydroxylation sites is 1. The Kier molecular flexibility index (Phi) is 3.22. The maximum atomic E-state index is 13.2. The lowest BCUT2D eigenvalue weighted by Crippen LogP contribution is -2.13. The molecule has 2 nitrogen and oxygen atoms in total. The van der Waals surface area contributed by atoms with Crippen LogP contribution in [0.2, 0.25) is 0 Å². The molecule has 2 aromatic carbocycles. The third-order valence-electron chi connectivity index (χ3n) is 3.36. The molecule has 0 unspecified atom stereocenters. The number of rotatable bonds is 2. The molecule has 0 radical (unpaired) electrons. The van der Waals surface area contributed by atoms with Crippen LogP contribution in [0.3, 0.4) is 0 Å². The largest absolute Gasteiger partial charge is 0.493 e. The van der Waals surface area contributed by atoms with Crippen LogP contribution >= 0.6 is 0 Å². The fraction of sp³-hybridized carbons (Fsp3) is 0.188. The number of hydrogen-bond donors (Lipinski definition) is 0.